The molecule has 0 aliphatic carbocycles. The van der Waals surface area contributed by atoms with Crippen LogP contribution in [0.2, 0.25) is 0 Å². The van der Waals surface area contributed by atoms with Gasteiger partial charge in [-0.1, -0.05) is 48.5 Å². The number of carbonyl (C=O) groups is 3. The molecule has 2 heterocycles. The highest BCUT2D eigenvalue weighted by Gasteiger charge is 2.50. The molecule has 0 bridgehead atoms. The van der Waals surface area contributed by atoms with Crippen LogP contribution in [0.15, 0.2) is 60.7 Å². The fourth-order valence-electron chi connectivity index (χ4n) is 4.50. The van der Waals surface area contributed by atoms with Crippen LogP contribution in [0.25, 0.3) is 0 Å². The lowest BCUT2D eigenvalue weighted by Gasteiger charge is -2.43. The molecule has 2 aliphatic rings. The van der Waals surface area contributed by atoms with Gasteiger partial charge in [0.2, 0.25) is 5.91 Å². The second-order valence-electron chi connectivity index (χ2n) is 8.39. The molecule has 0 saturated carbocycles. The van der Waals surface area contributed by atoms with E-state index in [1.54, 1.807) is 4.90 Å². The molecule has 0 aromatic heterocycles. The first-order valence-electron chi connectivity index (χ1n) is 11.1. The average Bonchev–Trinajstić information content (AvgIpc) is 3.15. The number of amides is 3. The predicted octanol–water partition coefficient (Wildman–Crippen LogP) is 1.37. The standard InChI is InChI=1S/C24H29N5O4/c30-21(31)20(25-15-18-7-3-1-4-8-18)16-26-23(33)28-13-11-24(12-14-28)22(32)27-17-29(24)19-9-5-2-6-10-19/h1-10,20,25H,11-17H2,(H,26,33)(H,27,32)(H,30,31). The fraction of sp³-hybridized carbons (Fsp3) is 0.375. The molecule has 3 amide bonds. The number of para-hydroxylation sites is 1. The summed E-state index contributed by atoms with van der Waals surface area (Å²) in [5, 5.41) is 18.2. The Balaban J connectivity index is 1.31. The summed E-state index contributed by atoms with van der Waals surface area (Å²) in [5.74, 6) is -1.03. The highest BCUT2D eigenvalue weighted by molar-refractivity contribution is 5.93. The second-order valence-corrected chi connectivity index (χ2v) is 8.39. The Morgan fingerprint density at radius 3 is 2.30 bits per heavy atom. The zero-order valence-electron chi connectivity index (χ0n) is 18.4. The number of hydrogen-bond donors (Lipinski definition) is 4. The van der Waals surface area contributed by atoms with Crippen molar-refractivity contribution in [1.29, 1.82) is 0 Å². The molecule has 174 valence electrons. The van der Waals surface area contributed by atoms with E-state index in [1.165, 1.54) is 0 Å². The second kappa shape index (κ2) is 9.91. The van der Waals surface area contributed by atoms with Gasteiger partial charge in [-0.05, 0) is 30.5 Å². The van der Waals surface area contributed by atoms with Gasteiger partial charge >= 0.3 is 12.0 Å². The average molecular weight is 452 g/mol. The van der Waals surface area contributed by atoms with Crippen molar-refractivity contribution in [3.8, 4) is 0 Å². The van der Waals surface area contributed by atoms with E-state index in [0.717, 1.165) is 11.3 Å². The van der Waals surface area contributed by atoms with Crippen LogP contribution in [0.1, 0.15) is 18.4 Å². The van der Waals surface area contributed by atoms with Gasteiger partial charge in [-0.15, -0.1) is 0 Å². The molecule has 2 aliphatic heterocycles. The van der Waals surface area contributed by atoms with E-state index in [0.29, 0.717) is 39.1 Å². The number of carboxylic acid groups (broad SMARTS) is 1. The summed E-state index contributed by atoms with van der Waals surface area (Å²) < 4.78 is 0. The number of carbonyl (C=O) groups excluding carboxylic acids is 2. The van der Waals surface area contributed by atoms with Gasteiger partial charge in [0.15, 0.2) is 0 Å². The smallest absolute Gasteiger partial charge is 0.322 e. The fourth-order valence-corrected chi connectivity index (χ4v) is 4.50. The summed E-state index contributed by atoms with van der Waals surface area (Å²) in [4.78, 5) is 40.8. The molecule has 1 unspecified atom stereocenters. The first-order valence-corrected chi connectivity index (χ1v) is 11.1. The minimum absolute atomic E-state index is 0.0116. The maximum Gasteiger partial charge on any atom is 0.322 e. The van der Waals surface area contributed by atoms with E-state index < -0.39 is 17.6 Å². The van der Waals surface area contributed by atoms with Crippen molar-refractivity contribution in [2.45, 2.75) is 31.0 Å². The van der Waals surface area contributed by atoms with Gasteiger partial charge in [-0.3, -0.25) is 14.9 Å². The summed E-state index contributed by atoms with van der Waals surface area (Å²) in [6, 6.07) is 18.1. The molecule has 4 N–H and O–H groups in total. The van der Waals surface area contributed by atoms with Gasteiger partial charge in [0.25, 0.3) is 0 Å². The zero-order chi connectivity index (χ0) is 23.3. The van der Waals surface area contributed by atoms with E-state index in [9.17, 15) is 19.5 Å². The van der Waals surface area contributed by atoms with Gasteiger partial charge in [-0.2, -0.15) is 0 Å². The van der Waals surface area contributed by atoms with E-state index in [-0.39, 0.29) is 18.5 Å². The number of likely N-dealkylation sites (tertiary alicyclic amines) is 1. The number of carboxylic acids is 1. The number of rotatable bonds is 7. The molecule has 1 atom stereocenters. The van der Waals surface area contributed by atoms with Crippen molar-refractivity contribution in [2.75, 3.05) is 31.2 Å². The Kier molecular flexibility index (Phi) is 6.79. The molecule has 4 rings (SSSR count). The Morgan fingerprint density at radius 1 is 1.03 bits per heavy atom. The quantitative estimate of drug-likeness (QED) is 0.506. The number of anilines is 1. The third-order valence-corrected chi connectivity index (χ3v) is 6.43. The van der Waals surface area contributed by atoms with Gasteiger partial charge in [0.1, 0.15) is 11.6 Å². The first kappa shape index (κ1) is 22.6. The molecule has 2 aromatic carbocycles. The molecule has 2 saturated heterocycles. The molecule has 9 heteroatoms. The molecular weight excluding hydrogens is 422 g/mol. The van der Waals surface area contributed by atoms with Gasteiger partial charge in [0, 0.05) is 31.9 Å². The van der Waals surface area contributed by atoms with E-state index in [2.05, 4.69) is 20.9 Å². The van der Waals surface area contributed by atoms with Crippen molar-refractivity contribution >= 4 is 23.6 Å². The summed E-state index contributed by atoms with van der Waals surface area (Å²) in [5.41, 5.74) is 1.27. The lowest BCUT2D eigenvalue weighted by atomic mass is 9.85. The van der Waals surface area contributed by atoms with Crippen molar-refractivity contribution in [3.63, 3.8) is 0 Å². The van der Waals surface area contributed by atoms with Gasteiger partial charge < -0.3 is 25.5 Å². The number of piperidine rings is 1. The third-order valence-electron chi connectivity index (χ3n) is 6.43. The van der Waals surface area contributed by atoms with Gasteiger partial charge in [-0.25, -0.2) is 4.79 Å². The maximum absolute atomic E-state index is 12.7. The Morgan fingerprint density at radius 2 is 1.67 bits per heavy atom. The van der Waals surface area contributed by atoms with Crippen molar-refractivity contribution in [2.24, 2.45) is 0 Å². The van der Waals surface area contributed by atoms with E-state index >= 15 is 0 Å². The monoisotopic (exact) mass is 451 g/mol. The molecular formula is C24H29N5O4. The predicted molar refractivity (Wildman–Crippen MR) is 124 cm³/mol. The summed E-state index contributed by atoms with van der Waals surface area (Å²) >= 11 is 0. The van der Waals surface area contributed by atoms with Crippen LogP contribution >= 0.6 is 0 Å². The van der Waals surface area contributed by atoms with Crippen molar-refractivity contribution in [1.82, 2.24) is 20.9 Å². The summed E-state index contributed by atoms with van der Waals surface area (Å²) in [6.07, 6.45) is 1.02. The number of hydrogen-bond acceptors (Lipinski definition) is 5. The van der Waals surface area contributed by atoms with Crippen LogP contribution in [-0.2, 0) is 16.1 Å². The van der Waals surface area contributed by atoms with E-state index in [4.69, 9.17) is 0 Å². The normalized spacial score (nSPS) is 18.1. The molecule has 2 fully saturated rings. The Labute approximate surface area is 192 Å². The molecule has 2 aromatic rings. The molecule has 0 radical (unpaired) electrons. The van der Waals surface area contributed by atoms with Crippen LogP contribution in [0.5, 0.6) is 0 Å². The van der Waals surface area contributed by atoms with E-state index in [1.807, 2.05) is 60.7 Å². The number of aliphatic carboxylic acids is 1. The van der Waals surface area contributed by atoms with Crippen LogP contribution in [0.3, 0.4) is 0 Å². The number of nitrogens with one attached hydrogen (secondary N) is 3. The minimum Gasteiger partial charge on any atom is -0.480 e. The highest BCUT2D eigenvalue weighted by Crippen LogP contribution is 2.36. The molecule has 9 nitrogen and oxygen atoms in total. The highest BCUT2D eigenvalue weighted by atomic mass is 16.4. The van der Waals surface area contributed by atoms with Crippen molar-refractivity contribution in [3.05, 3.63) is 66.2 Å². The summed E-state index contributed by atoms with van der Waals surface area (Å²) in [7, 11) is 0. The van der Waals surface area contributed by atoms with Crippen molar-refractivity contribution < 1.29 is 19.5 Å². The molecule has 33 heavy (non-hydrogen) atoms. The van der Waals surface area contributed by atoms with Crippen LogP contribution in [0, 0.1) is 0 Å². The molecule has 1 spiro atoms. The Hall–Kier alpha value is -3.59. The number of nitrogens with zero attached hydrogens (tertiary/aromatic N) is 2. The summed E-state index contributed by atoms with van der Waals surface area (Å²) in [6.45, 7) is 1.64. The number of benzene rings is 2. The lowest BCUT2D eigenvalue weighted by Crippen LogP contribution is -2.59. The first-order chi connectivity index (χ1) is 16.0. The SMILES string of the molecule is O=C(O)C(CNC(=O)N1CCC2(CC1)C(=O)NCN2c1ccccc1)NCc1ccccc1. The Bertz CT molecular complexity index is 977. The zero-order valence-corrected chi connectivity index (χ0v) is 18.4. The van der Waals surface area contributed by atoms with Crippen LogP contribution in [0.4, 0.5) is 10.5 Å². The lowest BCUT2D eigenvalue weighted by molar-refractivity contribution is -0.139. The van der Waals surface area contributed by atoms with Gasteiger partial charge in [0.05, 0.1) is 6.67 Å². The minimum atomic E-state index is -1.02. The maximum atomic E-state index is 12.7. The topological polar surface area (TPSA) is 114 Å². The van der Waals surface area contributed by atoms with Crippen LogP contribution < -0.4 is 20.9 Å². The largest absolute Gasteiger partial charge is 0.480 e. The number of urea groups is 1. The van der Waals surface area contributed by atoms with Crippen LogP contribution in [-0.4, -0.2) is 65.8 Å². The third kappa shape index (κ3) is 4.93.